The van der Waals surface area contributed by atoms with Gasteiger partial charge in [0, 0.05) is 25.7 Å². The van der Waals surface area contributed by atoms with Gasteiger partial charge in [-0.2, -0.15) is 13.2 Å². The average molecular weight is 445 g/mol. The summed E-state index contributed by atoms with van der Waals surface area (Å²) in [5, 5.41) is 3.89. The molecule has 1 amide bonds. The number of benzene rings is 2. The van der Waals surface area contributed by atoms with Crippen LogP contribution in [0.2, 0.25) is 10.0 Å². The van der Waals surface area contributed by atoms with Crippen LogP contribution in [0.3, 0.4) is 0 Å². The van der Waals surface area contributed by atoms with E-state index >= 15 is 0 Å². The second kappa shape index (κ2) is 9.37. The molecule has 0 aromatic heterocycles. The van der Waals surface area contributed by atoms with Crippen molar-refractivity contribution < 1.29 is 18.0 Å². The number of hydrogen-bond acceptors (Lipinski definition) is 2. The second-order valence-electron chi connectivity index (χ2n) is 7.24. The van der Waals surface area contributed by atoms with Crippen molar-refractivity contribution in [1.82, 2.24) is 10.2 Å². The van der Waals surface area contributed by atoms with Gasteiger partial charge in [-0.15, -0.1) is 0 Å². The molecule has 2 aromatic rings. The number of nitrogens with zero attached hydrogens (tertiary/aromatic N) is 1. The molecule has 0 saturated carbocycles. The summed E-state index contributed by atoms with van der Waals surface area (Å²) in [7, 11) is 0. The zero-order valence-corrected chi connectivity index (χ0v) is 17.1. The molecule has 156 valence electrons. The lowest BCUT2D eigenvalue weighted by molar-refractivity contribution is -0.137. The molecule has 0 aliphatic carbocycles. The molecule has 0 radical (unpaired) electrons. The molecule has 0 unspecified atom stereocenters. The minimum Gasteiger partial charge on any atom is -0.353 e. The Balaban J connectivity index is 1.46. The van der Waals surface area contributed by atoms with E-state index in [0.717, 1.165) is 24.5 Å². The van der Waals surface area contributed by atoms with E-state index in [4.69, 9.17) is 23.2 Å². The Hall–Kier alpha value is -1.76. The zero-order valence-electron chi connectivity index (χ0n) is 15.6. The van der Waals surface area contributed by atoms with Gasteiger partial charge >= 0.3 is 6.18 Å². The summed E-state index contributed by atoms with van der Waals surface area (Å²) in [6, 6.07) is 10.6. The van der Waals surface area contributed by atoms with Gasteiger partial charge in [0.1, 0.15) is 0 Å². The third kappa shape index (κ3) is 6.36. The normalized spacial score (nSPS) is 16.0. The van der Waals surface area contributed by atoms with Gasteiger partial charge in [0.05, 0.1) is 22.0 Å². The van der Waals surface area contributed by atoms with Crippen LogP contribution in [-0.2, 0) is 23.9 Å². The van der Waals surface area contributed by atoms with E-state index in [-0.39, 0.29) is 18.4 Å². The van der Waals surface area contributed by atoms with Crippen molar-refractivity contribution in [3.8, 4) is 0 Å². The van der Waals surface area contributed by atoms with Gasteiger partial charge in [0.15, 0.2) is 0 Å². The van der Waals surface area contributed by atoms with E-state index < -0.39 is 11.7 Å². The molecule has 1 fully saturated rings. The minimum absolute atomic E-state index is 0.0584. The highest BCUT2D eigenvalue weighted by Crippen LogP contribution is 2.30. The quantitative estimate of drug-likeness (QED) is 0.675. The molecule has 0 atom stereocenters. The molecule has 3 nitrogen and oxygen atoms in total. The van der Waals surface area contributed by atoms with Gasteiger partial charge in [-0.05, 0) is 42.2 Å². The number of hydrogen-bond donors (Lipinski definition) is 1. The first-order chi connectivity index (χ1) is 13.7. The average Bonchev–Trinajstić information content (AvgIpc) is 2.66. The van der Waals surface area contributed by atoms with Crippen molar-refractivity contribution in [3.05, 3.63) is 69.2 Å². The van der Waals surface area contributed by atoms with Crippen LogP contribution in [-0.4, -0.2) is 29.9 Å². The number of carbonyl (C=O) groups is 1. The Labute approximate surface area is 177 Å². The van der Waals surface area contributed by atoms with E-state index in [1.807, 2.05) is 0 Å². The monoisotopic (exact) mass is 444 g/mol. The predicted octanol–water partition coefficient (Wildman–Crippen LogP) is 5.34. The van der Waals surface area contributed by atoms with Crippen molar-refractivity contribution in [1.29, 1.82) is 0 Å². The lowest BCUT2D eigenvalue weighted by Crippen LogP contribution is -2.44. The summed E-state index contributed by atoms with van der Waals surface area (Å²) >= 11 is 11.9. The standard InChI is InChI=1S/C21H21Cl2F3N2O/c22-18-5-4-14(11-19(18)23)12-20(29)27-17-6-8-28(9-7-17)13-15-2-1-3-16(10-15)21(24,25)26/h1-5,10-11,17H,6-9,12-13H2,(H,27,29). The van der Waals surface area contributed by atoms with E-state index in [0.29, 0.717) is 35.2 Å². The number of nitrogens with one attached hydrogen (secondary N) is 1. The summed E-state index contributed by atoms with van der Waals surface area (Å²) < 4.78 is 38.5. The number of alkyl halides is 3. The van der Waals surface area contributed by atoms with Gasteiger partial charge in [0.25, 0.3) is 0 Å². The van der Waals surface area contributed by atoms with Crippen LogP contribution in [0.1, 0.15) is 29.5 Å². The van der Waals surface area contributed by atoms with Gasteiger partial charge < -0.3 is 5.32 Å². The van der Waals surface area contributed by atoms with E-state index in [1.54, 1.807) is 24.3 Å². The fourth-order valence-corrected chi connectivity index (χ4v) is 3.77. The van der Waals surface area contributed by atoms with Crippen LogP contribution in [0.25, 0.3) is 0 Å². The summed E-state index contributed by atoms with van der Waals surface area (Å²) in [6.45, 7) is 1.90. The number of halogens is 5. The smallest absolute Gasteiger partial charge is 0.353 e. The topological polar surface area (TPSA) is 32.3 Å². The summed E-state index contributed by atoms with van der Waals surface area (Å²) in [5.74, 6) is -0.0836. The Morgan fingerprint density at radius 3 is 2.41 bits per heavy atom. The Morgan fingerprint density at radius 1 is 1.03 bits per heavy atom. The maximum absolute atomic E-state index is 12.8. The summed E-state index contributed by atoms with van der Waals surface area (Å²) in [4.78, 5) is 14.4. The third-order valence-corrected chi connectivity index (χ3v) is 5.70. The first kappa shape index (κ1) is 21.9. The lowest BCUT2D eigenvalue weighted by atomic mass is 10.0. The lowest BCUT2D eigenvalue weighted by Gasteiger charge is -2.32. The van der Waals surface area contributed by atoms with Crippen molar-refractivity contribution in [2.24, 2.45) is 0 Å². The molecule has 1 aliphatic rings. The summed E-state index contributed by atoms with van der Waals surface area (Å²) in [6.07, 6.45) is -2.60. The summed E-state index contributed by atoms with van der Waals surface area (Å²) in [5.41, 5.74) is 0.806. The molecule has 1 heterocycles. The predicted molar refractivity (Wildman–Crippen MR) is 108 cm³/mol. The van der Waals surface area contributed by atoms with Crippen LogP contribution in [0.5, 0.6) is 0 Å². The molecule has 29 heavy (non-hydrogen) atoms. The van der Waals surface area contributed by atoms with Gasteiger partial charge in [-0.3, -0.25) is 9.69 Å². The van der Waals surface area contributed by atoms with Crippen LogP contribution < -0.4 is 5.32 Å². The fourth-order valence-electron chi connectivity index (χ4n) is 3.45. The molecule has 1 aliphatic heterocycles. The molecule has 1 N–H and O–H groups in total. The Morgan fingerprint density at radius 2 is 1.76 bits per heavy atom. The molecule has 0 spiro atoms. The first-order valence-corrected chi connectivity index (χ1v) is 10.1. The molecule has 1 saturated heterocycles. The van der Waals surface area contributed by atoms with E-state index in [1.165, 1.54) is 12.1 Å². The number of rotatable bonds is 5. The maximum Gasteiger partial charge on any atom is 0.416 e. The maximum atomic E-state index is 12.8. The van der Waals surface area contributed by atoms with Crippen molar-refractivity contribution in [2.75, 3.05) is 13.1 Å². The number of likely N-dealkylation sites (tertiary alicyclic amines) is 1. The van der Waals surface area contributed by atoms with Crippen molar-refractivity contribution >= 4 is 29.1 Å². The molecule has 0 bridgehead atoms. The Kier molecular flexibility index (Phi) is 7.09. The van der Waals surface area contributed by atoms with Crippen LogP contribution in [0, 0.1) is 0 Å². The highest BCUT2D eigenvalue weighted by atomic mass is 35.5. The zero-order chi connectivity index (χ0) is 21.0. The SMILES string of the molecule is O=C(Cc1ccc(Cl)c(Cl)c1)NC1CCN(Cc2cccc(C(F)(F)F)c2)CC1. The van der Waals surface area contributed by atoms with Gasteiger partial charge in [0.2, 0.25) is 5.91 Å². The highest BCUT2D eigenvalue weighted by molar-refractivity contribution is 6.42. The Bertz CT molecular complexity index is 865. The number of carbonyl (C=O) groups excluding carboxylic acids is 1. The number of amides is 1. The van der Waals surface area contributed by atoms with E-state index in [2.05, 4.69) is 10.2 Å². The minimum atomic E-state index is -4.33. The fraction of sp³-hybridized carbons (Fsp3) is 0.381. The first-order valence-electron chi connectivity index (χ1n) is 9.32. The number of piperidine rings is 1. The molecule has 2 aromatic carbocycles. The van der Waals surface area contributed by atoms with Gasteiger partial charge in [-0.1, -0.05) is 47.5 Å². The van der Waals surface area contributed by atoms with Gasteiger partial charge in [-0.25, -0.2) is 0 Å². The van der Waals surface area contributed by atoms with Crippen LogP contribution in [0.4, 0.5) is 13.2 Å². The largest absolute Gasteiger partial charge is 0.416 e. The van der Waals surface area contributed by atoms with Crippen molar-refractivity contribution in [3.63, 3.8) is 0 Å². The van der Waals surface area contributed by atoms with Crippen molar-refractivity contribution in [2.45, 2.75) is 38.0 Å². The van der Waals surface area contributed by atoms with Crippen LogP contribution >= 0.6 is 23.2 Å². The van der Waals surface area contributed by atoms with Crippen LogP contribution in [0.15, 0.2) is 42.5 Å². The molecular weight excluding hydrogens is 424 g/mol. The van der Waals surface area contributed by atoms with E-state index in [9.17, 15) is 18.0 Å². The molecule has 3 rings (SSSR count). The second-order valence-corrected chi connectivity index (χ2v) is 8.06. The molecule has 8 heteroatoms. The third-order valence-electron chi connectivity index (χ3n) is 4.96. The highest BCUT2D eigenvalue weighted by Gasteiger charge is 2.30. The molecular formula is C21H21Cl2F3N2O.